The molecule has 1 aromatic carbocycles. The highest BCUT2D eigenvalue weighted by Crippen LogP contribution is 2.29. The highest BCUT2D eigenvalue weighted by molar-refractivity contribution is 5.83. The Kier molecular flexibility index (Phi) is 5.75. The van der Waals surface area contributed by atoms with Gasteiger partial charge in [-0.25, -0.2) is 0 Å². The second kappa shape index (κ2) is 7.10. The van der Waals surface area contributed by atoms with Crippen LogP contribution in [0.1, 0.15) is 30.9 Å². The van der Waals surface area contributed by atoms with Crippen molar-refractivity contribution in [1.29, 1.82) is 0 Å². The van der Waals surface area contributed by atoms with Crippen LogP contribution in [-0.2, 0) is 22.2 Å². The second-order valence-electron chi connectivity index (χ2n) is 4.68. The Morgan fingerprint density at radius 3 is 2.57 bits per heavy atom. The summed E-state index contributed by atoms with van der Waals surface area (Å²) in [4.78, 5) is 22.0. The number of nitrogens with one attached hydrogen (secondary N) is 1. The van der Waals surface area contributed by atoms with Crippen LogP contribution in [-0.4, -0.2) is 23.0 Å². The maximum Gasteiger partial charge on any atom is 0.416 e. The van der Waals surface area contributed by atoms with E-state index in [0.717, 1.165) is 12.1 Å². The lowest BCUT2D eigenvalue weighted by molar-refractivity contribution is -0.141. The van der Waals surface area contributed by atoms with Crippen molar-refractivity contribution in [2.45, 2.75) is 38.4 Å². The van der Waals surface area contributed by atoms with Gasteiger partial charge in [0.2, 0.25) is 5.91 Å². The first-order chi connectivity index (χ1) is 9.70. The van der Waals surface area contributed by atoms with E-state index < -0.39 is 29.7 Å². The summed E-state index contributed by atoms with van der Waals surface area (Å²) < 4.78 is 37.6. The molecular weight excluding hydrogens is 287 g/mol. The molecule has 1 amide bonds. The summed E-state index contributed by atoms with van der Waals surface area (Å²) in [5.41, 5.74) is -0.229. The molecule has 0 aliphatic rings. The summed E-state index contributed by atoms with van der Waals surface area (Å²) in [5, 5.41) is 10.9. The molecule has 0 spiro atoms. The standard InChI is InChI=1S/C14H16F3NO3/c1-9(13(20)21)18-12(19)7-3-5-10-4-2-6-11(8-10)14(15,16)17/h2,4,6,8-9H,3,5,7H2,1H3,(H,18,19)(H,20,21)/t9-/m1/s1. The number of hydrogen-bond acceptors (Lipinski definition) is 2. The summed E-state index contributed by atoms with van der Waals surface area (Å²) in [6.07, 6.45) is -3.66. The number of carboxylic acids is 1. The fraction of sp³-hybridized carbons (Fsp3) is 0.429. The van der Waals surface area contributed by atoms with Gasteiger partial charge in [-0.05, 0) is 31.4 Å². The fourth-order valence-electron chi connectivity index (χ4n) is 1.73. The Labute approximate surface area is 120 Å². The number of alkyl halides is 3. The SMILES string of the molecule is C[C@@H](NC(=O)CCCc1cccc(C(F)(F)F)c1)C(=O)O. The van der Waals surface area contributed by atoms with E-state index in [-0.39, 0.29) is 6.42 Å². The highest BCUT2D eigenvalue weighted by Gasteiger charge is 2.30. The van der Waals surface area contributed by atoms with Crippen molar-refractivity contribution in [3.63, 3.8) is 0 Å². The molecule has 0 bridgehead atoms. The summed E-state index contributed by atoms with van der Waals surface area (Å²) >= 11 is 0. The first-order valence-corrected chi connectivity index (χ1v) is 6.38. The van der Waals surface area contributed by atoms with E-state index in [9.17, 15) is 22.8 Å². The molecule has 0 fully saturated rings. The molecule has 1 atom stereocenters. The molecule has 0 heterocycles. The Bertz CT molecular complexity index is 514. The quantitative estimate of drug-likeness (QED) is 0.849. The molecule has 2 N–H and O–H groups in total. The average molecular weight is 303 g/mol. The molecule has 4 nitrogen and oxygen atoms in total. The number of benzene rings is 1. The van der Waals surface area contributed by atoms with Crippen LogP contribution < -0.4 is 5.32 Å². The molecule has 21 heavy (non-hydrogen) atoms. The van der Waals surface area contributed by atoms with Crippen molar-refractivity contribution < 1.29 is 27.9 Å². The predicted molar refractivity (Wildman–Crippen MR) is 69.6 cm³/mol. The summed E-state index contributed by atoms with van der Waals surface area (Å²) in [7, 11) is 0. The maximum atomic E-state index is 12.5. The smallest absolute Gasteiger partial charge is 0.416 e. The van der Waals surface area contributed by atoms with Crippen LogP contribution >= 0.6 is 0 Å². The summed E-state index contributed by atoms with van der Waals surface area (Å²) in [6, 6.07) is 3.95. The first-order valence-electron chi connectivity index (χ1n) is 6.38. The van der Waals surface area contributed by atoms with E-state index in [0.29, 0.717) is 18.4 Å². The van der Waals surface area contributed by atoms with Crippen molar-refractivity contribution in [2.75, 3.05) is 0 Å². The van der Waals surface area contributed by atoms with E-state index in [2.05, 4.69) is 5.32 Å². The van der Waals surface area contributed by atoms with Crippen molar-refractivity contribution >= 4 is 11.9 Å². The molecule has 1 rings (SSSR count). The van der Waals surface area contributed by atoms with Gasteiger partial charge in [0.05, 0.1) is 5.56 Å². The van der Waals surface area contributed by atoms with Crippen molar-refractivity contribution in [2.24, 2.45) is 0 Å². The lowest BCUT2D eigenvalue weighted by Gasteiger charge is -2.10. The lowest BCUT2D eigenvalue weighted by atomic mass is 10.0. The molecule has 1 aromatic rings. The molecule has 0 unspecified atom stereocenters. The monoisotopic (exact) mass is 303 g/mol. The molecule has 0 aliphatic carbocycles. The zero-order valence-electron chi connectivity index (χ0n) is 11.4. The Hall–Kier alpha value is -2.05. The molecular formula is C14H16F3NO3. The van der Waals surface area contributed by atoms with E-state index in [1.165, 1.54) is 13.0 Å². The van der Waals surface area contributed by atoms with E-state index >= 15 is 0 Å². The van der Waals surface area contributed by atoms with Gasteiger partial charge >= 0.3 is 12.1 Å². The van der Waals surface area contributed by atoms with Gasteiger partial charge in [0.15, 0.2) is 0 Å². The highest BCUT2D eigenvalue weighted by atomic mass is 19.4. The summed E-state index contributed by atoms with van der Waals surface area (Å²) in [5.74, 6) is -1.57. The number of rotatable bonds is 6. The average Bonchev–Trinajstić information content (AvgIpc) is 2.37. The van der Waals surface area contributed by atoms with Crippen LogP contribution in [0.3, 0.4) is 0 Å². The lowest BCUT2D eigenvalue weighted by Crippen LogP contribution is -2.38. The predicted octanol–water partition coefficient (Wildman–Crippen LogP) is 2.62. The van der Waals surface area contributed by atoms with Gasteiger partial charge in [0.1, 0.15) is 6.04 Å². The van der Waals surface area contributed by atoms with Crippen molar-refractivity contribution in [3.8, 4) is 0 Å². The van der Waals surface area contributed by atoms with Crippen LogP contribution in [0, 0.1) is 0 Å². The number of carbonyl (C=O) groups is 2. The Balaban J connectivity index is 2.46. The van der Waals surface area contributed by atoms with Gasteiger partial charge in [-0.1, -0.05) is 18.2 Å². The molecule has 116 valence electrons. The minimum Gasteiger partial charge on any atom is -0.480 e. The minimum atomic E-state index is -4.38. The van der Waals surface area contributed by atoms with Gasteiger partial charge in [-0.15, -0.1) is 0 Å². The Morgan fingerprint density at radius 2 is 2.00 bits per heavy atom. The largest absolute Gasteiger partial charge is 0.480 e. The van der Waals surface area contributed by atoms with E-state index in [4.69, 9.17) is 5.11 Å². The first kappa shape index (κ1) is 17.0. The molecule has 0 aliphatic heterocycles. The zero-order chi connectivity index (χ0) is 16.0. The number of amides is 1. The van der Waals surface area contributed by atoms with Crippen molar-refractivity contribution in [1.82, 2.24) is 5.32 Å². The van der Waals surface area contributed by atoms with Gasteiger partial charge < -0.3 is 10.4 Å². The zero-order valence-corrected chi connectivity index (χ0v) is 11.4. The molecule has 0 saturated heterocycles. The number of aliphatic carboxylic acids is 1. The number of aryl methyl sites for hydroxylation is 1. The van der Waals surface area contributed by atoms with Crippen LogP contribution in [0.2, 0.25) is 0 Å². The third-order valence-corrected chi connectivity index (χ3v) is 2.87. The second-order valence-corrected chi connectivity index (χ2v) is 4.68. The molecule has 0 saturated carbocycles. The molecule has 0 radical (unpaired) electrons. The number of hydrogen-bond donors (Lipinski definition) is 2. The normalized spacial score (nSPS) is 12.8. The third-order valence-electron chi connectivity index (χ3n) is 2.87. The van der Waals surface area contributed by atoms with Gasteiger partial charge in [-0.2, -0.15) is 13.2 Å². The third kappa shape index (κ3) is 5.85. The maximum absolute atomic E-state index is 12.5. The van der Waals surface area contributed by atoms with Gasteiger partial charge in [0.25, 0.3) is 0 Å². The van der Waals surface area contributed by atoms with Gasteiger partial charge in [0, 0.05) is 6.42 Å². The minimum absolute atomic E-state index is 0.0634. The van der Waals surface area contributed by atoms with E-state index in [1.807, 2.05) is 0 Å². The van der Waals surface area contributed by atoms with E-state index in [1.54, 1.807) is 6.07 Å². The fourth-order valence-corrected chi connectivity index (χ4v) is 1.73. The van der Waals surface area contributed by atoms with Crippen molar-refractivity contribution in [3.05, 3.63) is 35.4 Å². The van der Waals surface area contributed by atoms with Crippen LogP contribution in [0.4, 0.5) is 13.2 Å². The van der Waals surface area contributed by atoms with Gasteiger partial charge in [-0.3, -0.25) is 9.59 Å². The molecule has 7 heteroatoms. The number of halogens is 3. The Morgan fingerprint density at radius 1 is 1.33 bits per heavy atom. The van der Waals surface area contributed by atoms with Crippen LogP contribution in [0.15, 0.2) is 24.3 Å². The molecule has 0 aromatic heterocycles. The topological polar surface area (TPSA) is 66.4 Å². The van der Waals surface area contributed by atoms with Crippen LogP contribution in [0.25, 0.3) is 0 Å². The number of carbonyl (C=O) groups excluding carboxylic acids is 1. The van der Waals surface area contributed by atoms with Crippen LogP contribution in [0.5, 0.6) is 0 Å². The summed E-state index contributed by atoms with van der Waals surface area (Å²) in [6.45, 7) is 1.34. The number of carboxylic acid groups (broad SMARTS) is 1.